The van der Waals surface area contributed by atoms with Crippen molar-refractivity contribution in [1.82, 2.24) is 0 Å². The average molecular weight is 288 g/mol. The highest BCUT2D eigenvalue weighted by molar-refractivity contribution is 5.95. The first kappa shape index (κ1) is 15.3. The lowest BCUT2D eigenvalue weighted by molar-refractivity contribution is -0.158. The molecule has 112 valence electrons. The van der Waals surface area contributed by atoms with Gasteiger partial charge in [-0.25, -0.2) is 0 Å². The summed E-state index contributed by atoms with van der Waals surface area (Å²) in [5.74, 6) is -3.90. The minimum atomic E-state index is -1.40. The highest BCUT2D eigenvalue weighted by atomic mass is 16.4. The molecule has 4 heteroatoms. The molecule has 1 aromatic carbocycles. The summed E-state index contributed by atoms with van der Waals surface area (Å²) in [6.07, 6.45) is 5.16. The molecule has 1 aliphatic carbocycles. The van der Waals surface area contributed by atoms with Crippen LogP contribution in [-0.2, 0) is 21.4 Å². The second kappa shape index (κ2) is 6.12. The molecule has 0 fully saturated rings. The lowest BCUT2D eigenvalue weighted by Crippen LogP contribution is -2.43. The summed E-state index contributed by atoms with van der Waals surface area (Å²) in [7, 11) is 0. The fraction of sp³-hybridized carbons (Fsp3) is 0.412. The first-order valence-corrected chi connectivity index (χ1v) is 7.18. The quantitative estimate of drug-likeness (QED) is 0.459. The Labute approximate surface area is 124 Å². The molecule has 21 heavy (non-hydrogen) atoms. The van der Waals surface area contributed by atoms with Gasteiger partial charge in [-0.1, -0.05) is 30.3 Å². The zero-order valence-corrected chi connectivity index (χ0v) is 11.9. The van der Waals surface area contributed by atoms with Crippen LogP contribution in [-0.4, -0.2) is 22.2 Å². The van der Waals surface area contributed by atoms with Crippen LogP contribution >= 0.6 is 0 Å². The maximum atomic E-state index is 11.6. The Morgan fingerprint density at radius 2 is 1.95 bits per heavy atom. The molecule has 1 aliphatic rings. The maximum absolute atomic E-state index is 11.6. The maximum Gasteiger partial charge on any atom is 0.318 e. The third-order valence-corrected chi connectivity index (χ3v) is 4.47. The standard InChI is InChI=1S/C17H20O4/c1-2-3-6-10-17(14(15(18)19)16(20)21)11-9-12-7-4-5-8-13(12)17/h2,4-5,7-8,14H,1,3,6,9-11H2,(H,18,19)(H,20,21). The Bertz CT molecular complexity index is 550. The monoisotopic (exact) mass is 288 g/mol. The van der Waals surface area contributed by atoms with Gasteiger partial charge in [0.05, 0.1) is 0 Å². The van der Waals surface area contributed by atoms with Crippen LogP contribution in [0.25, 0.3) is 0 Å². The molecule has 0 heterocycles. The van der Waals surface area contributed by atoms with Crippen LogP contribution in [0.4, 0.5) is 0 Å². The molecule has 0 spiro atoms. The van der Waals surface area contributed by atoms with Crippen LogP contribution in [0.2, 0.25) is 0 Å². The van der Waals surface area contributed by atoms with Gasteiger partial charge in [0, 0.05) is 5.41 Å². The van der Waals surface area contributed by atoms with E-state index in [0.717, 1.165) is 30.4 Å². The van der Waals surface area contributed by atoms with E-state index in [1.807, 2.05) is 24.3 Å². The topological polar surface area (TPSA) is 74.6 Å². The highest BCUT2D eigenvalue weighted by Crippen LogP contribution is 2.48. The van der Waals surface area contributed by atoms with E-state index in [2.05, 4.69) is 6.58 Å². The molecular formula is C17H20O4. The van der Waals surface area contributed by atoms with E-state index < -0.39 is 23.3 Å². The Balaban J connectivity index is 2.48. The fourth-order valence-electron chi connectivity index (χ4n) is 3.56. The zero-order chi connectivity index (χ0) is 15.5. The van der Waals surface area contributed by atoms with Crippen molar-refractivity contribution in [2.75, 3.05) is 0 Å². The lowest BCUT2D eigenvalue weighted by atomic mass is 9.67. The number of carboxylic acid groups (broad SMARTS) is 2. The molecule has 0 saturated carbocycles. The normalized spacial score (nSPS) is 20.2. The molecule has 1 aromatic rings. The third kappa shape index (κ3) is 2.71. The molecule has 0 radical (unpaired) electrons. The second-order valence-corrected chi connectivity index (χ2v) is 5.60. The fourth-order valence-corrected chi connectivity index (χ4v) is 3.56. The molecule has 0 aromatic heterocycles. The van der Waals surface area contributed by atoms with E-state index >= 15 is 0 Å². The van der Waals surface area contributed by atoms with Gasteiger partial charge < -0.3 is 10.2 Å². The van der Waals surface area contributed by atoms with Gasteiger partial charge in [-0.2, -0.15) is 0 Å². The molecule has 0 aliphatic heterocycles. The minimum absolute atomic E-state index is 0.555. The van der Waals surface area contributed by atoms with Crippen molar-refractivity contribution in [2.24, 2.45) is 5.92 Å². The number of unbranched alkanes of at least 4 members (excludes halogenated alkanes) is 1. The summed E-state index contributed by atoms with van der Waals surface area (Å²) in [6.45, 7) is 3.67. The number of rotatable bonds is 7. The van der Waals surface area contributed by atoms with Crippen LogP contribution in [0.3, 0.4) is 0 Å². The Morgan fingerprint density at radius 1 is 1.29 bits per heavy atom. The summed E-state index contributed by atoms with van der Waals surface area (Å²) < 4.78 is 0. The number of carbonyl (C=O) groups is 2. The van der Waals surface area contributed by atoms with Crippen molar-refractivity contribution in [3.8, 4) is 0 Å². The number of hydrogen-bond donors (Lipinski definition) is 2. The van der Waals surface area contributed by atoms with Crippen LogP contribution in [0.5, 0.6) is 0 Å². The largest absolute Gasteiger partial charge is 0.481 e. The minimum Gasteiger partial charge on any atom is -0.481 e. The van der Waals surface area contributed by atoms with Crippen molar-refractivity contribution in [3.05, 3.63) is 48.0 Å². The SMILES string of the molecule is C=CCCCC1(C(C(=O)O)C(=O)O)CCc2ccccc21. The molecule has 0 bridgehead atoms. The molecule has 2 rings (SSSR count). The summed E-state index contributed by atoms with van der Waals surface area (Å²) in [5, 5.41) is 18.9. The van der Waals surface area contributed by atoms with Gasteiger partial charge in [0.2, 0.25) is 0 Å². The molecular weight excluding hydrogens is 268 g/mol. The average Bonchev–Trinajstić information content (AvgIpc) is 2.79. The number of allylic oxidation sites excluding steroid dienone is 1. The molecule has 1 unspecified atom stereocenters. The highest BCUT2D eigenvalue weighted by Gasteiger charge is 2.51. The molecule has 4 nitrogen and oxygen atoms in total. The summed E-state index contributed by atoms with van der Waals surface area (Å²) in [6, 6.07) is 7.61. The van der Waals surface area contributed by atoms with Gasteiger partial charge in [-0.15, -0.1) is 6.58 Å². The number of benzene rings is 1. The number of aryl methyl sites for hydroxylation is 1. The van der Waals surface area contributed by atoms with Crippen molar-refractivity contribution >= 4 is 11.9 Å². The van der Waals surface area contributed by atoms with Gasteiger partial charge in [0.1, 0.15) is 0 Å². The van der Waals surface area contributed by atoms with Crippen molar-refractivity contribution in [1.29, 1.82) is 0 Å². The van der Waals surface area contributed by atoms with E-state index in [1.54, 1.807) is 6.08 Å². The molecule has 1 atom stereocenters. The molecule has 0 amide bonds. The lowest BCUT2D eigenvalue weighted by Gasteiger charge is -2.34. The number of carboxylic acids is 2. The van der Waals surface area contributed by atoms with E-state index in [0.29, 0.717) is 12.8 Å². The van der Waals surface area contributed by atoms with E-state index in [4.69, 9.17) is 0 Å². The molecule has 2 N–H and O–H groups in total. The summed E-state index contributed by atoms with van der Waals surface area (Å²) in [5.41, 5.74) is 1.16. The third-order valence-electron chi connectivity index (χ3n) is 4.47. The van der Waals surface area contributed by atoms with Gasteiger partial charge in [0.25, 0.3) is 0 Å². The van der Waals surface area contributed by atoms with Crippen LogP contribution in [0.1, 0.15) is 36.8 Å². The van der Waals surface area contributed by atoms with Crippen LogP contribution < -0.4 is 0 Å². The predicted octanol–water partition coefficient (Wildman–Crippen LogP) is 3.01. The van der Waals surface area contributed by atoms with Crippen molar-refractivity contribution < 1.29 is 19.8 Å². The predicted molar refractivity (Wildman–Crippen MR) is 79.3 cm³/mol. The van der Waals surface area contributed by atoms with Crippen LogP contribution in [0.15, 0.2) is 36.9 Å². The first-order chi connectivity index (χ1) is 10.0. The van der Waals surface area contributed by atoms with Gasteiger partial charge in [-0.05, 0) is 43.2 Å². The Morgan fingerprint density at radius 3 is 2.57 bits per heavy atom. The number of aliphatic carboxylic acids is 2. The zero-order valence-electron chi connectivity index (χ0n) is 11.9. The van der Waals surface area contributed by atoms with E-state index in [-0.39, 0.29) is 0 Å². The molecule has 0 saturated heterocycles. The Hall–Kier alpha value is -2.10. The second-order valence-electron chi connectivity index (χ2n) is 5.60. The van der Waals surface area contributed by atoms with Gasteiger partial charge in [0.15, 0.2) is 5.92 Å². The summed E-state index contributed by atoms with van der Waals surface area (Å²) >= 11 is 0. The first-order valence-electron chi connectivity index (χ1n) is 7.18. The van der Waals surface area contributed by atoms with E-state index in [9.17, 15) is 19.8 Å². The van der Waals surface area contributed by atoms with Crippen molar-refractivity contribution in [2.45, 2.75) is 37.5 Å². The van der Waals surface area contributed by atoms with Gasteiger partial charge >= 0.3 is 11.9 Å². The van der Waals surface area contributed by atoms with Gasteiger partial charge in [-0.3, -0.25) is 9.59 Å². The number of hydrogen-bond acceptors (Lipinski definition) is 2. The van der Waals surface area contributed by atoms with Crippen LogP contribution in [0, 0.1) is 5.92 Å². The van der Waals surface area contributed by atoms with Crippen molar-refractivity contribution in [3.63, 3.8) is 0 Å². The van der Waals surface area contributed by atoms with E-state index in [1.165, 1.54) is 0 Å². The summed E-state index contributed by atoms with van der Waals surface area (Å²) in [4.78, 5) is 23.1. The number of fused-ring (bicyclic) bond motifs is 1. The Kier molecular flexibility index (Phi) is 4.46. The smallest absolute Gasteiger partial charge is 0.318 e.